The van der Waals surface area contributed by atoms with Crippen LogP contribution in [0, 0.1) is 5.92 Å². The standard InChI is InChI=1S/C19H24ClF3N2O/c1-4-13(2)18(25-12-14(11-24-3)8-9-17(25)20)15-6-5-7-16(10-15)26-19(21,22)23/h5-10,13,18,24H,4,11-12H2,1-3H3. The van der Waals surface area contributed by atoms with Crippen molar-refractivity contribution in [3.05, 3.63) is 52.7 Å². The number of nitrogens with zero attached hydrogens (tertiary/aromatic N) is 1. The highest BCUT2D eigenvalue weighted by atomic mass is 35.5. The van der Waals surface area contributed by atoms with Crippen molar-refractivity contribution in [3.63, 3.8) is 0 Å². The van der Waals surface area contributed by atoms with Crippen LogP contribution in [-0.2, 0) is 0 Å². The summed E-state index contributed by atoms with van der Waals surface area (Å²) in [4.78, 5) is 2.04. The van der Waals surface area contributed by atoms with Crippen molar-refractivity contribution in [1.82, 2.24) is 10.2 Å². The lowest BCUT2D eigenvalue weighted by Gasteiger charge is -2.39. The van der Waals surface area contributed by atoms with Crippen molar-refractivity contribution in [2.75, 3.05) is 20.1 Å². The molecule has 0 amide bonds. The lowest BCUT2D eigenvalue weighted by molar-refractivity contribution is -0.274. The molecule has 1 aliphatic rings. The van der Waals surface area contributed by atoms with E-state index in [9.17, 15) is 13.2 Å². The molecule has 0 spiro atoms. The summed E-state index contributed by atoms with van der Waals surface area (Å²) in [5, 5.41) is 3.70. The summed E-state index contributed by atoms with van der Waals surface area (Å²) in [7, 11) is 1.87. The number of ether oxygens (including phenoxy) is 1. The minimum absolute atomic E-state index is 0.152. The van der Waals surface area contributed by atoms with E-state index >= 15 is 0 Å². The van der Waals surface area contributed by atoms with Gasteiger partial charge < -0.3 is 15.0 Å². The number of benzene rings is 1. The SMILES string of the molecule is CCC(C)C(c1cccc(OC(F)(F)F)c1)N1CC(CNC)=CC=C1Cl. The van der Waals surface area contributed by atoms with Gasteiger partial charge in [-0.1, -0.05) is 50.1 Å². The van der Waals surface area contributed by atoms with Crippen LogP contribution >= 0.6 is 11.6 Å². The summed E-state index contributed by atoms with van der Waals surface area (Å²) < 4.78 is 41.8. The van der Waals surface area contributed by atoms with Crippen LogP contribution < -0.4 is 10.1 Å². The summed E-state index contributed by atoms with van der Waals surface area (Å²) in [5.74, 6) is -0.0290. The first-order chi connectivity index (χ1) is 12.2. The fraction of sp³-hybridized carbons (Fsp3) is 0.474. The highest BCUT2D eigenvalue weighted by Gasteiger charge is 2.32. The van der Waals surface area contributed by atoms with Gasteiger partial charge in [0.1, 0.15) is 10.9 Å². The first kappa shape index (κ1) is 20.6. The Labute approximate surface area is 157 Å². The average molecular weight is 389 g/mol. The number of nitrogens with one attached hydrogen (secondary N) is 1. The van der Waals surface area contributed by atoms with Gasteiger partial charge in [0.2, 0.25) is 0 Å². The van der Waals surface area contributed by atoms with Gasteiger partial charge >= 0.3 is 6.36 Å². The molecule has 1 aliphatic heterocycles. The van der Waals surface area contributed by atoms with E-state index in [-0.39, 0.29) is 17.7 Å². The zero-order chi connectivity index (χ0) is 19.3. The molecular formula is C19H24ClF3N2O. The van der Waals surface area contributed by atoms with Gasteiger partial charge in [-0.2, -0.15) is 0 Å². The number of likely N-dealkylation sites (N-methyl/N-ethyl adjacent to an activating group) is 1. The number of allylic oxidation sites excluding steroid dienone is 2. The van der Waals surface area contributed by atoms with E-state index in [2.05, 4.69) is 23.9 Å². The maximum Gasteiger partial charge on any atom is 0.573 e. The van der Waals surface area contributed by atoms with Gasteiger partial charge in [0, 0.05) is 13.1 Å². The van der Waals surface area contributed by atoms with E-state index in [1.807, 2.05) is 30.2 Å². The molecule has 2 atom stereocenters. The average Bonchev–Trinajstić information content (AvgIpc) is 2.56. The second kappa shape index (κ2) is 8.82. The highest BCUT2D eigenvalue weighted by molar-refractivity contribution is 6.29. The quantitative estimate of drug-likeness (QED) is 0.648. The van der Waals surface area contributed by atoms with Crippen LogP contribution in [0.15, 0.2) is 47.1 Å². The Morgan fingerprint density at radius 2 is 2.04 bits per heavy atom. The second-order valence-electron chi connectivity index (χ2n) is 6.42. The first-order valence-corrected chi connectivity index (χ1v) is 8.95. The molecule has 3 nitrogen and oxygen atoms in total. The molecule has 26 heavy (non-hydrogen) atoms. The molecule has 0 aliphatic carbocycles. The Bertz CT molecular complexity index is 673. The summed E-state index contributed by atoms with van der Waals surface area (Å²) in [6, 6.07) is 6.01. The maximum atomic E-state index is 12.6. The molecule has 1 aromatic rings. The Balaban J connectivity index is 2.35. The summed E-state index contributed by atoms with van der Waals surface area (Å²) in [6.45, 7) is 5.47. The first-order valence-electron chi connectivity index (χ1n) is 8.57. The van der Waals surface area contributed by atoms with Gasteiger partial charge in [-0.25, -0.2) is 0 Å². The van der Waals surface area contributed by atoms with Gasteiger partial charge in [0.25, 0.3) is 0 Å². The highest BCUT2D eigenvalue weighted by Crippen LogP contribution is 2.38. The predicted octanol–water partition coefficient (Wildman–Crippen LogP) is 5.21. The van der Waals surface area contributed by atoms with E-state index < -0.39 is 6.36 Å². The third-order valence-corrected chi connectivity index (χ3v) is 4.80. The van der Waals surface area contributed by atoms with Gasteiger partial charge in [0.15, 0.2) is 0 Å². The van der Waals surface area contributed by atoms with Crippen LogP contribution in [0.3, 0.4) is 0 Å². The van der Waals surface area contributed by atoms with Crippen molar-refractivity contribution < 1.29 is 17.9 Å². The molecule has 0 radical (unpaired) electrons. The zero-order valence-electron chi connectivity index (χ0n) is 15.1. The Kier molecular flexibility index (Phi) is 7.01. The molecule has 144 valence electrons. The lowest BCUT2D eigenvalue weighted by atomic mass is 9.90. The molecule has 7 heteroatoms. The third kappa shape index (κ3) is 5.42. The Morgan fingerprint density at radius 1 is 1.31 bits per heavy atom. The Hall–Kier alpha value is -1.66. The third-order valence-electron chi connectivity index (χ3n) is 4.46. The summed E-state index contributed by atoms with van der Waals surface area (Å²) in [5.41, 5.74) is 1.91. The molecule has 0 saturated carbocycles. The molecule has 0 fully saturated rings. The van der Waals surface area contributed by atoms with Crippen LogP contribution in [0.25, 0.3) is 0 Å². The fourth-order valence-corrected chi connectivity index (χ4v) is 3.36. The number of hydrogen-bond acceptors (Lipinski definition) is 3. The molecule has 2 rings (SSSR count). The van der Waals surface area contributed by atoms with Crippen LogP contribution in [0.2, 0.25) is 0 Å². The molecular weight excluding hydrogens is 365 g/mol. The van der Waals surface area contributed by atoms with Gasteiger partial charge in [-0.3, -0.25) is 0 Å². The van der Waals surface area contributed by atoms with Crippen molar-refractivity contribution in [2.24, 2.45) is 5.92 Å². The monoisotopic (exact) mass is 388 g/mol. The topological polar surface area (TPSA) is 24.5 Å². The second-order valence-corrected chi connectivity index (χ2v) is 6.81. The van der Waals surface area contributed by atoms with Crippen LogP contribution in [0.1, 0.15) is 31.9 Å². The summed E-state index contributed by atoms with van der Waals surface area (Å²) in [6.07, 6.45) is -0.0357. The lowest BCUT2D eigenvalue weighted by Crippen LogP contribution is -2.35. The minimum Gasteiger partial charge on any atom is -0.406 e. The maximum absolute atomic E-state index is 12.6. The van der Waals surface area contributed by atoms with Gasteiger partial charge in [0.05, 0.1) is 6.04 Å². The minimum atomic E-state index is -4.71. The molecule has 1 N–H and O–H groups in total. The molecule has 2 unspecified atom stereocenters. The van der Waals surface area contributed by atoms with Crippen molar-refractivity contribution in [3.8, 4) is 5.75 Å². The van der Waals surface area contributed by atoms with E-state index in [0.717, 1.165) is 24.1 Å². The molecule has 0 bridgehead atoms. The number of hydrogen-bond donors (Lipinski definition) is 1. The number of halogens is 4. The summed E-state index contributed by atoms with van der Waals surface area (Å²) >= 11 is 6.45. The molecule has 0 saturated heterocycles. The van der Waals surface area contributed by atoms with Gasteiger partial charge in [-0.15, -0.1) is 13.2 Å². The molecule has 1 aromatic carbocycles. The number of alkyl halides is 3. The zero-order valence-corrected chi connectivity index (χ0v) is 15.9. The molecule has 0 aromatic heterocycles. The van der Waals surface area contributed by atoms with Crippen molar-refractivity contribution >= 4 is 11.6 Å². The fourth-order valence-electron chi connectivity index (χ4n) is 3.14. The van der Waals surface area contributed by atoms with E-state index in [1.54, 1.807) is 6.07 Å². The molecule has 1 heterocycles. The van der Waals surface area contributed by atoms with Crippen LogP contribution in [0.4, 0.5) is 13.2 Å². The van der Waals surface area contributed by atoms with Gasteiger partial charge in [-0.05, 0) is 42.3 Å². The van der Waals surface area contributed by atoms with E-state index in [1.165, 1.54) is 12.1 Å². The van der Waals surface area contributed by atoms with Crippen LogP contribution in [-0.4, -0.2) is 31.4 Å². The van der Waals surface area contributed by atoms with Crippen molar-refractivity contribution in [1.29, 1.82) is 0 Å². The van der Waals surface area contributed by atoms with Crippen LogP contribution in [0.5, 0.6) is 5.75 Å². The largest absolute Gasteiger partial charge is 0.573 e. The van der Waals surface area contributed by atoms with Crippen molar-refractivity contribution in [2.45, 2.75) is 32.7 Å². The number of rotatable bonds is 7. The normalized spacial score (nSPS) is 17.4. The van der Waals surface area contributed by atoms with E-state index in [4.69, 9.17) is 11.6 Å². The predicted molar refractivity (Wildman–Crippen MR) is 98.0 cm³/mol. The Morgan fingerprint density at radius 3 is 2.65 bits per heavy atom. The smallest absolute Gasteiger partial charge is 0.406 e. The van der Waals surface area contributed by atoms with E-state index in [0.29, 0.717) is 11.7 Å².